The van der Waals surface area contributed by atoms with Gasteiger partial charge in [0.25, 0.3) is 0 Å². The largest absolute Gasteiger partial charge is 0.501 e. The molecule has 1 aromatic carbocycles. The third kappa shape index (κ3) is 2.31. The highest BCUT2D eigenvalue weighted by Crippen LogP contribution is 2.18. The zero-order chi connectivity index (χ0) is 9.84. The van der Waals surface area contributed by atoms with Crippen molar-refractivity contribution in [3.05, 3.63) is 41.4 Å². The lowest BCUT2D eigenvalue weighted by Crippen LogP contribution is -1.87. The highest BCUT2D eigenvalue weighted by molar-refractivity contribution is 5.65. The Balaban J connectivity index is 3.02. The van der Waals surface area contributed by atoms with Gasteiger partial charge in [0, 0.05) is 0 Å². The monoisotopic (exact) mass is 180 g/mol. The number of methoxy groups -OCH3 is 1. The number of halogens is 1. The highest BCUT2D eigenvalue weighted by Gasteiger charge is 2.00. The SMILES string of the molecule is CO/C(C)=C(\C)c1ccc(F)cc1. The van der Waals surface area contributed by atoms with E-state index in [1.165, 1.54) is 12.1 Å². The molecule has 0 saturated heterocycles. The summed E-state index contributed by atoms with van der Waals surface area (Å²) in [7, 11) is 1.63. The van der Waals surface area contributed by atoms with E-state index in [2.05, 4.69) is 0 Å². The van der Waals surface area contributed by atoms with Crippen LogP contribution in [0.1, 0.15) is 19.4 Å². The summed E-state index contributed by atoms with van der Waals surface area (Å²) in [6.07, 6.45) is 0. The van der Waals surface area contributed by atoms with Crippen molar-refractivity contribution in [2.45, 2.75) is 13.8 Å². The predicted octanol–water partition coefficient (Wildman–Crippen LogP) is 3.22. The van der Waals surface area contributed by atoms with E-state index in [-0.39, 0.29) is 5.82 Å². The van der Waals surface area contributed by atoms with Crippen LogP contribution in [0.2, 0.25) is 0 Å². The lowest BCUT2D eigenvalue weighted by Gasteiger charge is -2.06. The molecular weight excluding hydrogens is 167 g/mol. The normalized spacial score (nSPS) is 12.3. The molecule has 13 heavy (non-hydrogen) atoms. The molecule has 0 aliphatic rings. The maximum absolute atomic E-state index is 12.6. The van der Waals surface area contributed by atoms with E-state index >= 15 is 0 Å². The molecule has 0 radical (unpaired) electrons. The fourth-order valence-corrected chi connectivity index (χ4v) is 1.06. The lowest BCUT2D eigenvalue weighted by molar-refractivity contribution is 0.295. The van der Waals surface area contributed by atoms with Crippen molar-refractivity contribution in [2.24, 2.45) is 0 Å². The Morgan fingerprint density at radius 2 is 1.69 bits per heavy atom. The van der Waals surface area contributed by atoms with E-state index in [0.717, 1.165) is 16.9 Å². The molecule has 0 N–H and O–H groups in total. The number of benzene rings is 1. The topological polar surface area (TPSA) is 9.23 Å². The second-order valence-corrected chi connectivity index (χ2v) is 2.89. The maximum Gasteiger partial charge on any atom is 0.123 e. The van der Waals surface area contributed by atoms with E-state index in [4.69, 9.17) is 4.74 Å². The number of hydrogen-bond acceptors (Lipinski definition) is 1. The molecule has 0 aromatic heterocycles. The molecule has 70 valence electrons. The molecule has 0 heterocycles. The quantitative estimate of drug-likeness (QED) is 0.635. The maximum atomic E-state index is 12.6. The van der Waals surface area contributed by atoms with Gasteiger partial charge in [0.05, 0.1) is 12.9 Å². The fraction of sp³-hybridized carbons (Fsp3) is 0.273. The molecule has 0 unspecified atom stereocenters. The van der Waals surface area contributed by atoms with Gasteiger partial charge in [0.15, 0.2) is 0 Å². The molecular formula is C11H13FO. The van der Waals surface area contributed by atoms with Crippen molar-refractivity contribution in [3.63, 3.8) is 0 Å². The van der Waals surface area contributed by atoms with Crippen LogP contribution in [0.4, 0.5) is 4.39 Å². The van der Waals surface area contributed by atoms with Crippen LogP contribution in [-0.4, -0.2) is 7.11 Å². The first-order valence-electron chi connectivity index (χ1n) is 4.12. The van der Waals surface area contributed by atoms with Crippen molar-refractivity contribution < 1.29 is 9.13 Å². The van der Waals surface area contributed by atoms with E-state index in [0.29, 0.717) is 0 Å². The third-order valence-electron chi connectivity index (χ3n) is 2.11. The van der Waals surface area contributed by atoms with Crippen molar-refractivity contribution in [2.75, 3.05) is 7.11 Å². The molecule has 0 saturated carbocycles. The zero-order valence-electron chi connectivity index (χ0n) is 8.10. The van der Waals surface area contributed by atoms with Crippen LogP contribution < -0.4 is 0 Å². The molecule has 0 bridgehead atoms. The molecule has 0 aliphatic carbocycles. The molecule has 1 rings (SSSR count). The first kappa shape index (κ1) is 9.78. The molecule has 0 atom stereocenters. The Morgan fingerprint density at radius 3 is 2.15 bits per heavy atom. The summed E-state index contributed by atoms with van der Waals surface area (Å²) < 4.78 is 17.7. The summed E-state index contributed by atoms with van der Waals surface area (Å²) in [5, 5.41) is 0. The third-order valence-corrected chi connectivity index (χ3v) is 2.11. The first-order valence-corrected chi connectivity index (χ1v) is 4.12. The Labute approximate surface area is 77.8 Å². The molecule has 2 heteroatoms. The van der Waals surface area contributed by atoms with E-state index in [9.17, 15) is 4.39 Å². The van der Waals surface area contributed by atoms with Crippen LogP contribution in [-0.2, 0) is 4.74 Å². The molecule has 1 aromatic rings. The molecule has 0 fully saturated rings. The summed E-state index contributed by atoms with van der Waals surface area (Å²) in [6.45, 7) is 3.84. The summed E-state index contributed by atoms with van der Waals surface area (Å²) >= 11 is 0. The fourth-order valence-electron chi connectivity index (χ4n) is 1.06. The molecule has 0 spiro atoms. The van der Waals surface area contributed by atoms with Crippen LogP contribution in [0.5, 0.6) is 0 Å². The van der Waals surface area contributed by atoms with Crippen LogP contribution in [0.25, 0.3) is 5.57 Å². The van der Waals surface area contributed by atoms with E-state index in [1.54, 1.807) is 19.2 Å². The van der Waals surface area contributed by atoms with Gasteiger partial charge >= 0.3 is 0 Å². The van der Waals surface area contributed by atoms with Crippen molar-refractivity contribution in [3.8, 4) is 0 Å². The number of ether oxygens (including phenoxy) is 1. The summed E-state index contributed by atoms with van der Waals surface area (Å²) in [4.78, 5) is 0. The highest BCUT2D eigenvalue weighted by atomic mass is 19.1. The first-order chi connectivity index (χ1) is 6.15. The summed E-state index contributed by atoms with van der Waals surface area (Å²) in [6, 6.07) is 6.38. The van der Waals surface area contributed by atoms with Crippen molar-refractivity contribution in [1.29, 1.82) is 0 Å². The molecule has 0 aliphatic heterocycles. The van der Waals surface area contributed by atoms with Crippen LogP contribution >= 0.6 is 0 Å². The van der Waals surface area contributed by atoms with Gasteiger partial charge in [-0.1, -0.05) is 12.1 Å². The summed E-state index contributed by atoms with van der Waals surface area (Å²) in [5.74, 6) is 0.637. The van der Waals surface area contributed by atoms with Gasteiger partial charge in [-0.15, -0.1) is 0 Å². The smallest absolute Gasteiger partial charge is 0.123 e. The Bertz CT molecular complexity index is 311. The van der Waals surface area contributed by atoms with Crippen molar-refractivity contribution in [1.82, 2.24) is 0 Å². The standard InChI is InChI=1S/C11H13FO/c1-8(9(2)13-3)10-4-6-11(12)7-5-10/h4-7H,1-3H3/b9-8+. The summed E-state index contributed by atoms with van der Waals surface area (Å²) in [5.41, 5.74) is 2.02. The lowest BCUT2D eigenvalue weighted by atomic mass is 10.1. The minimum absolute atomic E-state index is 0.216. The molecule has 1 nitrogen and oxygen atoms in total. The zero-order valence-corrected chi connectivity index (χ0v) is 8.10. The van der Waals surface area contributed by atoms with E-state index in [1.807, 2.05) is 13.8 Å². The van der Waals surface area contributed by atoms with Crippen LogP contribution in [0, 0.1) is 5.82 Å². The van der Waals surface area contributed by atoms with Crippen LogP contribution in [0.3, 0.4) is 0 Å². The van der Waals surface area contributed by atoms with Crippen LogP contribution in [0.15, 0.2) is 30.0 Å². The number of allylic oxidation sites excluding steroid dienone is 2. The Hall–Kier alpha value is -1.31. The minimum Gasteiger partial charge on any atom is -0.501 e. The van der Waals surface area contributed by atoms with Gasteiger partial charge < -0.3 is 4.74 Å². The Morgan fingerprint density at radius 1 is 1.15 bits per heavy atom. The van der Waals surface area contributed by atoms with Gasteiger partial charge in [-0.05, 0) is 37.1 Å². The average Bonchev–Trinajstić information content (AvgIpc) is 2.17. The number of hydrogen-bond donors (Lipinski definition) is 0. The average molecular weight is 180 g/mol. The minimum atomic E-state index is -0.216. The second-order valence-electron chi connectivity index (χ2n) is 2.89. The Kier molecular flexibility index (Phi) is 3.07. The van der Waals surface area contributed by atoms with Gasteiger partial charge in [0.2, 0.25) is 0 Å². The van der Waals surface area contributed by atoms with Gasteiger partial charge in [-0.3, -0.25) is 0 Å². The molecule has 0 amide bonds. The van der Waals surface area contributed by atoms with Gasteiger partial charge in [-0.2, -0.15) is 0 Å². The van der Waals surface area contributed by atoms with Gasteiger partial charge in [-0.25, -0.2) is 4.39 Å². The van der Waals surface area contributed by atoms with E-state index < -0.39 is 0 Å². The van der Waals surface area contributed by atoms with Gasteiger partial charge in [0.1, 0.15) is 5.82 Å². The predicted molar refractivity (Wildman–Crippen MR) is 51.7 cm³/mol. The second kappa shape index (κ2) is 4.08. The van der Waals surface area contributed by atoms with Crippen molar-refractivity contribution >= 4 is 5.57 Å². The number of rotatable bonds is 2.